The van der Waals surface area contributed by atoms with Crippen LogP contribution in [-0.4, -0.2) is 28.5 Å². The molecular formula is C20H21BN2O2. The smallest absolute Gasteiger partial charge is 0.399 e. The highest BCUT2D eigenvalue weighted by Gasteiger charge is 2.51. The predicted octanol–water partition coefficient (Wildman–Crippen LogP) is 3.60. The lowest BCUT2D eigenvalue weighted by molar-refractivity contribution is 0.00578. The Morgan fingerprint density at radius 2 is 1.44 bits per heavy atom. The standard InChI is InChI=1S/C20H21BN2O2/c1-19(2)20(3,4)25-21(24-19)16-11-9-14(10-12-16)18-13-15-7-5-6-8-17(15)22-23-18/h5-13H,1-4H3. The van der Waals surface area contributed by atoms with E-state index in [0.29, 0.717) is 0 Å². The van der Waals surface area contributed by atoms with E-state index >= 15 is 0 Å². The highest BCUT2D eigenvalue weighted by atomic mass is 16.7. The number of benzene rings is 2. The summed E-state index contributed by atoms with van der Waals surface area (Å²) in [6, 6.07) is 18.2. The van der Waals surface area contributed by atoms with Gasteiger partial charge < -0.3 is 9.31 Å². The molecule has 4 nitrogen and oxygen atoms in total. The summed E-state index contributed by atoms with van der Waals surface area (Å²) in [5, 5.41) is 9.72. The number of fused-ring (bicyclic) bond motifs is 1. The summed E-state index contributed by atoms with van der Waals surface area (Å²) in [6.45, 7) is 8.25. The van der Waals surface area contributed by atoms with Crippen LogP contribution in [0, 0.1) is 0 Å². The maximum atomic E-state index is 6.10. The van der Waals surface area contributed by atoms with Crippen LogP contribution in [0.25, 0.3) is 22.2 Å². The summed E-state index contributed by atoms with van der Waals surface area (Å²) in [6.07, 6.45) is 0. The van der Waals surface area contributed by atoms with E-state index in [9.17, 15) is 0 Å². The summed E-state index contributed by atoms with van der Waals surface area (Å²) >= 11 is 0. The van der Waals surface area contributed by atoms with Crippen LogP contribution in [0.5, 0.6) is 0 Å². The SMILES string of the molecule is CC1(C)OB(c2ccc(-c3cc4ccccc4nn3)cc2)OC1(C)C. The van der Waals surface area contributed by atoms with E-state index in [0.717, 1.165) is 27.6 Å². The second kappa shape index (κ2) is 5.65. The number of hydrogen-bond donors (Lipinski definition) is 0. The molecule has 0 saturated carbocycles. The minimum absolute atomic E-state index is 0.333. The van der Waals surface area contributed by atoms with Gasteiger partial charge in [0.2, 0.25) is 0 Å². The van der Waals surface area contributed by atoms with Crippen LogP contribution in [0.3, 0.4) is 0 Å². The monoisotopic (exact) mass is 332 g/mol. The van der Waals surface area contributed by atoms with E-state index in [1.807, 2.05) is 48.5 Å². The van der Waals surface area contributed by atoms with Gasteiger partial charge in [0.15, 0.2) is 0 Å². The largest absolute Gasteiger partial charge is 0.494 e. The zero-order valence-corrected chi connectivity index (χ0v) is 15.0. The molecular weight excluding hydrogens is 311 g/mol. The fourth-order valence-electron chi connectivity index (χ4n) is 2.92. The van der Waals surface area contributed by atoms with Crippen molar-refractivity contribution in [3.8, 4) is 11.3 Å². The fourth-order valence-corrected chi connectivity index (χ4v) is 2.92. The van der Waals surface area contributed by atoms with E-state index in [-0.39, 0.29) is 18.3 Å². The average Bonchev–Trinajstić information content (AvgIpc) is 2.82. The molecule has 0 radical (unpaired) electrons. The zero-order valence-electron chi connectivity index (χ0n) is 15.0. The minimum atomic E-state index is -0.346. The first-order valence-corrected chi connectivity index (χ1v) is 8.54. The number of aromatic nitrogens is 2. The molecule has 1 saturated heterocycles. The Hall–Kier alpha value is -2.24. The van der Waals surface area contributed by atoms with Gasteiger partial charge in [0.1, 0.15) is 0 Å². The van der Waals surface area contributed by atoms with Crippen LogP contribution in [-0.2, 0) is 9.31 Å². The highest BCUT2D eigenvalue weighted by molar-refractivity contribution is 6.62. The Morgan fingerprint density at radius 3 is 2.12 bits per heavy atom. The lowest BCUT2D eigenvalue weighted by Crippen LogP contribution is -2.41. The molecule has 0 bridgehead atoms. The van der Waals surface area contributed by atoms with Crippen LogP contribution >= 0.6 is 0 Å². The normalized spacial score (nSPS) is 18.6. The predicted molar refractivity (Wildman–Crippen MR) is 101 cm³/mol. The van der Waals surface area contributed by atoms with Crippen molar-refractivity contribution in [2.75, 3.05) is 0 Å². The molecule has 0 atom stereocenters. The van der Waals surface area contributed by atoms with E-state index < -0.39 is 0 Å². The summed E-state index contributed by atoms with van der Waals surface area (Å²) in [7, 11) is -0.346. The lowest BCUT2D eigenvalue weighted by atomic mass is 9.79. The minimum Gasteiger partial charge on any atom is -0.399 e. The number of rotatable bonds is 2. The molecule has 0 N–H and O–H groups in total. The maximum absolute atomic E-state index is 6.10. The summed E-state index contributed by atoms with van der Waals surface area (Å²) < 4.78 is 12.2. The third-order valence-corrected chi connectivity index (χ3v) is 5.23. The first kappa shape index (κ1) is 16.2. The topological polar surface area (TPSA) is 44.2 Å². The Morgan fingerprint density at radius 1 is 0.800 bits per heavy atom. The van der Waals surface area contributed by atoms with Crippen LogP contribution in [0.4, 0.5) is 0 Å². The first-order valence-electron chi connectivity index (χ1n) is 8.54. The third-order valence-electron chi connectivity index (χ3n) is 5.23. The number of nitrogens with zero attached hydrogens (tertiary/aromatic N) is 2. The number of hydrogen-bond acceptors (Lipinski definition) is 4. The molecule has 2 aromatic carbocycles. The van der Waals surface area contributed by atoms with Crippen LogP contribution in [0.15, 0.2) is 54.6 Å². The molecule has 2 heterocycles. The van der Waals surface area contributed by atoms with Gasteiger partial charge in [0, 0.05) is 10.9 Å². The Balaban J connectivity index is 1.62. The van der Waals surface area contributed by atoms with Gasteiger partial charge in [-0.1, -0.05) is 42.5 Å². The molecule has 1 aromatic heterocycles. The van der Waals surface area contributed by atoms with Gasteiger partial charge in [0.25, 0.3) is 0 Å². The van der Waals surface area contributed by atoms with Crippen molar-refractivity contribution >= 4 is 23.5 Å². The van der Waals surface area contributed by atoms with Crippen molar-refractivity contribution in [1.29, 1.82) is 0 Å². The molecule has 3 aromatic rings. The Kier molecular flexibility index (Phi) is 3.67. The first-order chi connectivity index (χ1) is 11.9. The molecule has 0 unspecified atom stereocenters. The molecule has 1 aliphatic rings. The third kappa shape index (κ3) is 2.83. The zero-order chi connectivity index (χ0) is 17.7. The summed E-state index contributed by atoms with van der Waals surface area (Å²) in [5.74, 6) is 0. The molecule has 126 valence electrons. The van der Waals surface area contributed by atoms with Crippen molar-refractivity contribution in [2.45, 2.75) is 38.9 Å². The van der Waals surface area contributed by atoms with E-state index in [2.05, 4.69) is 44.0 Å². The highest BCUT2D eigenvalue weighted by Crippen LogP contribution is 2.36. The van der Waals surface area contributed by atoms with Gasteiger partial charge in [-0.2, -0.15) is 0 Å². The van der Waals surface area contributed by atoms with Gasteiger partial charge >= 0.3 is 7.12 Å². The van der Waals surface area contributed by atoms with Crippen molar-refractivity contribution in [3.05, 3.63) is 54.6 Å². The molecule has 4 rings (SSSR count). The van der Waals surface area contributed by atoms with E-state index in [1.165, 1.54) is 0 Å². The van der Waals surface area contributed by atoms with Crippen LogP contribution < -0.4 is 5.46 Å². The van der Waals surface area contributed by atoms with Gasteiger partial charge in [-0.15, -0.1) is 10.2 Å². The quantitative estimate of drug-likeness (QED) is 0.673. The molecule has 1 fully saturated rings. The average molecular weight is 332 g/mol. The molecule has 0 spiro atoms. The molecule has 0 amide bonds. The van der Waals surface area contributed by atoms with Gasteiger partial charge in [0.05, 0.1) is 22.4 Å². The fraction of sp³-hybridized carbons (Fsp3) is 0.300. The maximum Gasteiger partial charge on any atom is 0.494 e. The van der Waals surface area contributed by atoms with Gasteiger partial charge in [-0.05, 0) is 45.3 Å². The molecule has 0 aliphatic carbocycles. The van der Waals surface area contributed by atoms with E-state index in [4.69, 9.17) is 9.31 Å². The summed E-state index contributed by atoms with van der Waals surface area (Å²) in [4.78, 5) is 0. The van der Waals surface area contributed by atoms with Crippen LogP contribution in [0.1, 0.15) is 27.7 Å². The van der Waals surface area contributed by atoms with Gasteiger partial charge in [-0.3, -0.25) is 0 Å². The molecule has 5 heteroatoms. The Labute approximate surface area is 148 Å². The molecule has 25 heavy (non-hydrogen) atoms. The second-order valence-corrected chi connectivity index (χ2v) is 7.50. The van der Waals surface area contributed by atoms with Crippen molar-refractivity contribution in [2.24, 2.45) is 0 Å². The second-order valence-electron chi connectivity index (χ2n) is 7.50. The van der Waals surface area contributed by atoms with Crippen molar-refractivity contribution < 1.29 is 9.31 Å². The lowest BCUT2D eigenvalue weighted by Gasteiger charge is -2.32. The summed E-state index contributed by atoms with van der Waals surface area (Å²) in [5.41, 5.74) is 3.13. The van der Waals surface area contributed by atoms with E-state index in [1.54, 1.807) is 0 Å². The van der Waals surface area contributed by atoms with Gasteiger partial charge in [-0.25, -0.2) is 0 Å². The van der Waals surface area contributed by atoms with Crippen LogP contribution in [0.2, 0.25) is 0 Å². The Bertz CT molecular complexity index is 906. The van der Waals surface area contributed by atoms with Crippen molar-refractivity contribution in [3.63, 3.8) is 0 Å². The molecule has 1 aliphatic heterocycles. The van der Waals surface area contributed by atoms with Crippen molar-refractivity contribution in [1.82, 2.24) is 10.2 Å².